The fraction of sp³-hybridized carbons (Fsp3) is 0.476. The van der Waals surface area contributed by atoms with E-state index in [-0.39, 0.29) is 23.5 Å². The number of halogens is 3. The highest BCUT2D eigenvalue weighted by atomic mass is 19.4. The van der Waals surface area contributed by atoms with Gasteiger partial charge in [-0.25, -0.2) is 9.97 Å². The normalized spacial score (nSPS) is 15.2. The number of benzene rings is 1. The third-order valence-electron chi connectivity index (χ3n) is 4.98. The van der Waals surface area contributed by atoms with Crippen LogP contribution >= 0.6 is 0 Å². The largest absolute Gasteiger partial charge is 0.494 e. The summed E-state index contributed by atoms with van der Waals surface area (Å²) >= 11 is 0. The van der Waals surface area contributed by atoms with Gasteiger partial charge in [0.25, 0.3) is 0 Å². The molecule has 1 saturated heterocycles. The molecule has 2 aromatic rings. The average Bonchev–Trinajstić information content (AvgIpc) is 2.71. The molecule has 30 heavy (non-hydrogen) atoms. The van der Waals surface area contributed by atoms with Crippen LogP contribution in [0.1, 0.15) is 36.8 Å². The van der Waals surface area contributed by atoms with Crippen LogP contribution in [0.3, 0.4) is 0 Å². The second-order valence-electron chi connectivity index (χ2n) is 7.22. The Bertz CT molecular complexity index is 881. The first kappa shape index (κ1) is 21.9. The maximum Gasteiger partial charge on any atom is 0.433 e. The van der Waals surface area contributed by atoms with Crippen molar-refractivity contribution in [2.75, 3.05) is 24.6 Å². The number of nitrogens with zero attached hydrogens (tertiary/aromatic N) is 3. The Morgan fingerprint density at radius 1 is 1.23 bits per heavy atom. The summed E-state index contributed by atoms with van der Waals surface area (Å²) in [6.45, 7) is 5.26. The van der Waals surface area contributed by atoms with Gasteiger partial charge < -0.3 is 15.0 Å². The van der Waals surface area contributed by atoms with Crippen molar-refractivity contribution in [2.45, 2.75) is 39.4 Å². The van der Waals surface area contributed by atoms with Gasteiger partial charge in [0.1, 0.15) is 23.1 Å². The number of carbonyl (C=O) groups is 1. The molecule has 0 aliphatic carbocycles. The van der Waals surface area contributed by atoms with E-state index in [1.54, 1.807) is 4.90 Å². The van der Waals surface area contributed by atoms with Gasteiger partial charge in [0.15, 0.2) is 0 Å². The first-order valence-electron chi connectivity index (χ1n) is 9.93. The molecule has 0 spiro atoms. The van der Waals surface area contributed by atoms with Gasteiger partial charge >= 0.3 is 6.18 Å². The number of aromatic nitrogens is 2. The molecule has 0 atom stereocenters. The van der Waals surface area contributed by atoms with Crippen LogP contribution in [0.25, 0.3) is 0 Å². The summed E-state index contributed by atoms with van der Waals surface area (Å²) in [4.78, 5) is 21.9. The molecule has 0 bridgehead atoms. The number of anilines is 1. The van der Waals surface area contributed by atoms with E-state index < -0.39 is 11.9 Å². The van der Waals surface area contributed by atoms with E-state index in [1.807, 2.05) is 31.2 Å². The predicted molar refractivity (Wildman–Crippen MR) is 106 cm³/mol. The lowest BCUT2D eigenvalue weighted by Crippen LogP contribution is -2.40. The van der Waals surface area contributed by atoms with Gasteiger partial charge in [-0.05, 0) is 44.4 Å². The van der Waals surface area contributed by atoms with Crippen LogP contribution in [0.4, 0.5) is 19.0 Å². The fourth-order valence-electron chi connectivity index (χ4n) is 3.48. The fourth-order valence-corrected chi connectivity index (χ4v) is 3.48. The van der Waals surface area contributed by atoms with Crippen LogP contribution in [0.15, 0.2) is 30.3 Å². The van der Waals surface area contributed by atoms with E-state index in [2.05, 4.69) is 15.3 Å². The van der Waals surface area contributed by atoms with Gasteiger partial charge in [0.2, 0.25) is 5.91 Å². The number of ether oxygens (including phenoxy) is 1. The van der Waals surface area contributed by atoms with Crippen LogP contribution in [0, 0.1) is 12.8 Å². The van der Waals surface area contributed by atoms with Gasteiger partial charge in [-0.2, -0.15) is 13.2 Å². The number of carbonyl (C=O) groups excluding carboxylic acids is 1. The van der Waals surface area contributed by atoms with Crippen LogP contribution < -0.4 is 15.0 Å². The number of hydrogen-bond donors (Lipinski definition) is 1. The Hall–Kier alpha value is -2.84. The third kappa shape index (κ3) is 5.61. The molecule has 1 amide bonds. The monoisotopic (exact) mass is 422 g/mol. The molecular formula is C21H25F3N4O2. The first-order valence-corrected chi connectivity index (χ1v) is 9.93. The van der Waals surface area contributed by atoms with Crippen LogP contribution in [0.5, 0.6) is 5.75 Å². The first-order chi connectivity index (χ1) is 14.3. The average molecular weight is 422 g/mol. The molecule has 1 aromatic carbocycles. The number of hydrogen-bond acceptors (Lipinski definition) is 5. The highest BCUT2D eigenvalue weighted by Crippen LogP contribution is 2.31. The summed E-state index contributed by atoms with van der Waals surface area (Å²) < 4.78 is 44.5. The lowest BCUT2D eigenvalue weighted by atomic mass is 9.95. The molecule has 0 radical (unpaired) electrons. The van der Waals surface area contributed by atoms with Gasteiger partial charge in [-0.1, -0.05) is 12.1 Å². The highest BCUT2D eigenvalue weighted by molar-refractivity contribution is 5.79. The molecule has 0 unspecified atom stereocenters. The Labute approximate surface area is 173 Å². The van der Waals surface area contributed by atoms with Crippen LogP contribution in [-0.2, 0) is 17.5 Å². The lowest BCUT2D eigenvalue weighted by Gasteiger charge is -2.32. The highest BCUT2D eigenvalue weighted by Gasteiger charge is 2.34. The summed E-state index contributed by atoms with van der Waals surface area (Å²) in [7, 11) is 0. The topological polar surface area (TPSA) is 67.3 Å². The predicted octanol–water partition coefficient (Wildman–Crippen LogP) is 3.74. The van der Waals surface area contributed by atoms with E-state index in [4.69, 9.17) is 4.74 Å². The van der Waals surface area contributed by atoms with Gasteiger partial charge in [0.05, 0.1) is 6.61 Å². The zero-order chi connectivity index (χ0) is 21.7. The van der Waals surface area contributed by atoms with Crippen LogP contribution in [0.2, 0.25) is 0 Å². The van der Waals surface area contributed by atoms with Crippen LogP contribution in [-0.4, -0.2) is 35.6 Å². The van der Waals surface area contributed by atoms with Crippen molar-refractivity contribution in [3.8, 4) is 5.75 Å². The number of alkyl halides is 3. The molecular weight excluding hydrogens is 397 g/mol. The summed E-state index contributed by atoms with van der Waals surface area (Å²) in [6.07, 6.45) is -3.41. The summed E-state index contributed by atoms with van der Waals surface area (Å²) in [5, 5.41) is 2.94. The standard InChI is InChI=1S/C21H25F3N4O2/c1-3-30-17-6-4-5-15(11-17)13-25-20(29)16-7-9-28(10-8-16)19-12-18(21(22,23)24)26-14(2)27-19/h4-6,11-12,16H,3,7-10,13H2,1-2H3,(H,25,29). The van der Waals surface area contributed by atoms with Gasteiger partial charge in [-0.3, -0.25) is 4.79 Å². The van der Waals surface area contributed by atoms with Crippen molar-refractivity contribution in [1.29, 1.82) is 0 Å². The summed E-state index contributed by atoms with van der Waals surface area (Å²) in [6, 6.07) is 8.52. The second-order valence-corrected chi connectivity index (χ2v) is 7.22. The SMILES string of the molecule is CCOc1cccc(CNC(=O)C2CCN(c3cc(C(F)(F)F)nc(C)n3)CC2)c1. The molecule has 1 fully saturated rings. The molecule has 1 N–H and O–H groups in total. The minimum atomic E-state index is -4.51. The minimum absolute atomic E-state index is 0.0497. The zero-order valence-electron chi connectivity index (χ0n) is 17.0. The number of amides is 1. The van der Waals surface area contributed by atoms with Crippen molar-refractivity contribution < 1.29 is 22.7 Å². The number of rotatable bonds is 6. The maximum atomic E-state index is 13.0. The number of piperidine rings is 1. The molecule has 0 saturated carbocycles. The second kappa shape index (κ2) is 9.32. The number of nitrogens with one attached hydrogen (secondary N) is 1. The van der Waals surface area contributed by atoms with Crippen molar-refractivity contribution >= 4 is 11.7 Å². The molecule has 2 heterocycles. The molecule has 1 aliphatic heterocycles. The van der Waals surface area contributed by atoms with Crippen molar-refractivity contribution in [1.82, 2.24) is 15.3 Å². The molecule has 1 aromatic heterocycles. The van der Waals surface area contributed by atoms with Gasteiger partial charge in [0, 0.05) is 31.6 Å². The van der Waals surface area contributed by atoms with E-state index in [0.29, 0.717) is 39.1 Å². The molecule has 9 heteroatoms. The van der Waals surface area contributed by atoms with Gasteiger partial charge in [-0.15, -0.1) is 0 Å². The Morgan fingerprint density at radius 3 is 2.63 bits per heavy atom. The molecule has 1 aliphatic rings. The quantitative estimate of drug-likeness (QED) is 0.768. The number of aryl methyl sites for hydroxylation is 1. The Balaban J connectivity index is 1.55. The Kier molecular flexibility index (Phi) is 6.79. The van der Waals surface area contributed by atoms with Crippen molar-refractivity contribution in [3.63, 3.8) is 0 Å². The summed E-state index contributed by atoms with van der Waals surface area (Å²) in [5.74, 6) is 0.860. The molecule has 162 valence electrons. The van der Waals surface area contributed by atoms with E-state index in [0.717, 1.165) is 17.4 Å². The maximum absolute atomic E-state index is 13.0. The van der Waals surface area contributed by atoms with E-state index in [1.165, 1.54) is 6.92 Å². The van der Waals surface area contributed by atoms with E-state index in [9.17, 15) is 18.0 Å². The smallest absolute Gasteiger partial charge is 0.433 e. The van der Waals surface area contributed by atoms with Crippen molar-refractivity contribution in [3.05, 3.63) is 47.4 Å². The molecule has 3 rings (SSSR count). The Morgan fingerprint density at radius 2 is 1.97 bits per heavy atom. The lowest BCUT2D eigenvalue weighted by molar-refractivity contribution is -0.141. The molecule has 6 nitrogen and oxygen atoms in total. The minimum Gasteiger partial charge on any atom is -0.494 e. The summed E-state index contributed by atoms with van der Waals surface area (Å²) in [5.41, 5.74) is 0.00188. The zero-order valence-corrected chi connectivity index (χ0v) is 17.0. The third-order valence-corrected chi connectivity index (χ3v) is 4.98. The van der Waals surface area contributed by atoms with Crippen molar-refractivity contribution in [2.24, 2.45) is 5.92 Å². The van der Waals surface area contributed by atoms with E-state index >= 15 is 0 Å².